The highest BCUT2D eigenvalue weighted by atomic mass is 32.2. The third kappa shape index (κ3) is 6.32. The summed E-state index contributed by atoms with van der Waals surface area (Å²) in [4.78, 5) is 12.0. The number of nitrogens with two attached hydrogens (primary N) is 1. The summed E-state index contributed by atoms with van der Waals surface area (Å²) in [6, 6.07) is 15.3. The molecule has 0 spiro atoms. The number of rotatable bonds is 7. The molecule has 2 rings (SSSR count). The minimum absolute atomic E-state index is 0.0928. The van der Waals surface area contributed by atoms with Gasteiger partial charge in [0.1, 0.15) is 9.84 Å². The molecule has 2 aromatic rings. The Morgan fingerprint density at radius 3 is 2.40 bits per heavy atom. The molecule has 0 saturated heterocycles. The van der Waals surface area contributed by atoms with E-state index in [4.69, 9.17) is 5.73 Å². The second kappa shape index (κ2) is 8.27. The van der Waals surface area contributed by atoms with Gasteiger partial charge in [-0.25, -0.2) is 8.42 Å². The molecule has 0 bridgehead atoms. The monoisotopic (exact) mass is 360 g/mol. The summed E-state index contributed by atoms with van der Waals surface area (Å²) in [6.45, 7) is 2.40. The summed E-state index contributed by atoms with van der Waals surface area (Å²) in [7, 11) is -3.12. The van der Waals surface area contributed by atoms with Crippen LogP contribution in [0.2, 0.25) is 0 Å². The number of sulfone groups is 1. The average Bonchev–Trinajstić information content (AvgIpc) is 2.57. The summed E-state index contributed by atoms with van der Waals surface area (Å²) >= 11 is 0. The van der Waals surface area contributed by atoms with Crippen molar-refractivity contribution in [3.05, 3.63) is 59.7 Å². The minimum atomic E-state index is -3.12. The van der Waals surface area contributed by atoms with E-state index in [-0.39, 0.29) is 18.1 Å². The second-order valence-electron chi connectivity index (χ2n) is 6.31. The largest absolute Gasteiger partial charge is 0.351 e. The zero-order valence-electron chi connectivity index (χ0n) is 14.5. The van der Waals surface area contributed by atoms with Gasteiger partial charge in [0.25, 0.3) is 0 Å². The van der Waals surface area contributed by atoms with E-state index in [1.54, 1.807) is 0 Å². The molecule has 0 aliphatic rings. The fourth-order valence-electron chi connectivity index (χ4n) is 2.48. The van der Waals surface area contributed by atoms with E-state index >= 15 is 0 Å². The maximum atomic E-state index is 12.0. The van der Waals surface area contributed by atoms with Crippen LogP contribution in [0.4, 0.5) is 0 Å². The van der Waals surface area contributed by atoms with Crippen LogP contribution >= 0.6 is 0 Å². The van der Waals surface area contributed by atoms with Crippen LogP contribution in [0, 0.1) is 6.92 Å². The van der Waals surface area contributed by atoms with Crippen molar-refractivity contribution in [2.75, 3.05) is 12.0 Å². The summed E-state index contributed by atoms with van der Waals surface area (Å²) < 4.78 is 22.3. The Labute approximate surface area is 149 Å². The molecule has 6 heteroatoms. The van der Waals surface area contributed by atoms with E-state index in [2.05, 4.69) is 11.4 Å². The van der Waals surface area contributed by atoms with Crippen molar-refractivity contribution in [3.8, 4) is 11.1 Å². The van der Waals surface area contributed by atoms with Crippen molar-refractivity contribution in [2.45, 2.75) is 25.9 Å². The minimum Gasteiger partial charge on any atom is -0.351 e. The molecule has 0 radical (unpaired) electrons. The Balaban J connectivity index is 1.97. The van der Waals surface area contributed by atoms with Crippen LogP contribution in [0.5, 0.6) is 0 Å². The highest BCUT2D eigenvalue weighted by Gasteiger charge is 2.15. The predicted molar refractivity (Wildman–Crippen MR) is 101 cm³/mol. The first-order valence-electron chi connectivity index (χ1n) is 8.11. The number of amides is 1. The maximum absolute atomic E-state index is 12.0. The van der Waals surface area contributed by atoms with Gasteiger partial charge in [0, 0.05) is 12.8 Å². The molecule has 2 aromatic carbocycles. The fourth-order valence-corrected chi connectivity index (χ4v) is 3.16. The summed E-state index contributed by atoms with van der Waals surface area (Å²) in [5, 5.41) is 2.77. The lowest BCUT2D eigenvalue weighted by Gasteiger charge is -2.12. The molecule has 1 amide bonds. The van der Waals surface area contributed by atoms with Crippen LogP contribution < -0.4 is 11.1 Å². The van der Waals surface area contributed by atoms with Gasteiger partial charge in [-0.1, -0.05) is 48.0 Å². The second-order valence-corrected chi connectivity index (χ2v) is 8.57. The van der Waals surface area contributed by atoms with Gasteiger partial charge in [-0.3, -0.25) is 4.79 Å². The van der Waals surface area contributed by atoms with Crippen LogP contribution in [0.1, 0.15) is 17.5 Å². The Morgan fingerprint density at radius 2 is 1.76 bits per heavy atom. The Hall–Kier alpha value is -2.18. The van der Waals surface area contributed by atoms with Crippen molar-refractivity contribution >= 4 is 15.7 Å². The Kier molecular flexibility index (Phi) is 6.33. The van der Waals surface area contributed by atoms with Gasteiger partial charge >= 0.3 is 0 Å². The topological polar surface area (TPSA) is 89.3 Å². The van der Waals surface area contributed by atoms with Crippen molar-refractivity contribution < 1.29 is 13.2 Å². The molecule has 1 atom stereocenters. The van der Waals surface area contributed by atoms with Gasteiger partial charge in [-0.2, -0.15) is 0 Å². The number of hydrogen-bond donors (Lipinski definition) is 2. The van der Waals surface area contributed by atoms with E-state index < -0.39 is 15.9 Å². The third-order valence-corrected chi connectivity index (χ3v) is 4.86. The number of aryl methyl sites for hydroxylation is 1. The van der Waals surface area contributed by atoms with E-state index in [0.29, 0.717) is 6.54 Å². The van der Waals surface area contributed by atoms with Gasteiger partial charge in [0.2, 0.25) is 5.91 Å². The average molecular weight is 360 g/mol. The van der Waals surface area contributed by atoms with Gasteiger partial charge in [-0.05, 0) is 36.1 Å². The Morgan fingerprint density at radius 1 is 1.12 bits per heavy atom. The van der Waals surface area contributed by atoms with Crippen LogP contribution in [0.25, 0.3) is 11.1 Å². The van der Waals surface area contributed by atoms with Crippen LogP contribution in [0.15, 0.2) is 48.5 Å². The number of carbonyl (C=O) groups is 1. The number of benzene rings is 2. The molecule has 1 unspecified atom stereocenters. The van der Waals surface area contributed by atoms with E-state index in [9.17, 15) is 13.2 Å². The quantitative estimate of drug-likeness (QED) is 0.791. The molecule has 5 nitrogen and oxygen atoms in total. The summed E-state index contributed by atoms with van der Waals surface area (Å²) in [5.41, 5.74) is 10.1. The maximum Gasteiger partial charge on any atom is 0.237 e. The fraction of sp³-hybridized carbons (Fsp3) is 0.316. The molecule has 0 aliphatic heterocycles. The van der Waals surface area contributed by atoms with Gasteiger partial charge in [-0.15, -0.1) is 0 Å². The molecule has 25 heavy (non-hydrogen) atoms. The van der Waals surface area contributed by atoms with E-state index in [0.717, 1.165) is 22.9 Å². The molecular formula is C19H24N2O3S. The molecule has 3 N–H and O–H groups in total. The number of nitrogens with one attached hydrogen (secondary N) is 1. The molecule has 0 aliphatic carbocycles. The first-order valence-corrected chi connectivity index (χ1v) is 10.2. The van der Waals surface area contributed by atoms with E-state index in [1.807, 2.05) is 49.4 Å². The molecule has 0 heterocycles. The third-order valence-electron chi connectivity index (χ3n) is 3.88. The zero-order valence-corrected chi connectivity index (χ0v) is 15.3. The first kappa shape index (κ1) is 19.1. The Bertz CT molecular complexity index is 847. The van der Waals surface area contributed by atoms with Crippen LogP contribution in [-0.4, -0.2) is 32.4 Å². The molecule has 0 aromatic heterocycles. The normalized spacial score (nSPS) is 12.6. The molecule has 0 fully saturated rings. The standard InChI is InChI=1S/C19H24N2O3S/c1-14-5-3-7-16(11-14)17-8-4-6-15(12-17)13-21-19(22)18(20)9-10-25(2,23)24/h3-8,11-12,18H,9-10,13,20H2,1-2H3,(H,21,22). The smallest absolute Gasteiger partial charge is 0.237 e. The first-order chi connectivity index (χ1) is 11.7. The van der Waals surface area contributed by atoms with Gasteiger partial charge < -0.3 is 11.1 Å². The number of hydrogen-bond acceptors (Lipinski definition) is 4. The highest BCUT2D eigenvalue weighted by molar-refractivity contribution is 7.90. The number of carbonyl (C=O) groups excluding carboxylic acids is 1. The SMILES string of the molecule is Cc1cccc(-c2cccc(CNC(=O)C(N)CCS(C)(=O)=O)c2)c1. The highest BCUT2D eigenvalue weighted by Crippen LogP contribution is 2.21. The van der Waals surface area contributed by atoms with E-state index in [1.165, 1.54) is 5.56 Å². The van der Waals surface area contributed by atoms with Crippen molar-refractivity contribution in [2.24, 2.45) is 5.73 Å². The van der Waals surface area contributed by atoms with Crippen molar-refractivity contribution in [1.82, 2.24) is 5.32 Å². The molecule has 134 valence electrons. The zero-order chi connectivity index (χ0) is 18.4. The molecular weight excluding hydrogens is 336 g/mol. The lowest BCUT2D eigenvalue weighted by Crippen LogP contribution is -2.41. The van der Waals surface area contributed by atoms with Crippen LogP contribution in [-0.2, 0) is 21.2 Å². The van der Waals surface area contributed by atoms with Gasteiger partial charge in [0.05, 0.1) is 11.8 Å². The molecule has 0 saturated carbocycles. The summed E-state index contributed by atoms with van der Waals surface area (Å²) in [5.74, 6) is -0.436. The summed E-state index contributed by atoms with van der Waals surface area (Å²) in [6.07, 6.45) is 1.25. The van der Waals surface area contributed by atoms with Crippen LogP contribution in [0.3, 0.4) is 0 Å². The van der Waals surface area contributed by atoms with Gasteiger partial charge in [0.15, 0.2) is 0 Å². The van der Waals surface area contributed by atoms with Crippen molar-refractivity contribution in [1.29, 1.82) is 0 Å². The lowest BCUT2D eigenvalue weighted by atomic mass is 10.0. The van der Waals surface area contributed by atoms with Crippen molar-refractivity contribution in [3.63, 3.8) is 0 Å². The predicted octanol–water partition coefficient (Wildman–Crippen LogP) is 2.04. The lowest BCUT2D eigenvalue weighted by molar-refractivity contribution is -0.122.